The fourth-order valence-corrected chi connectivity index (χ4v) is 4.19. The van der Waals surface area contributed by atoms with Gasteiger partial charge in [-0.05, 0) is 38.5 Å². The molecule has 1 heterocycles. The molecular weight excluding hydrogens is 244 g/mol. The lowest BCUT2D eigenvalue weighted by molar-refractivity contribution is -0.150. The highest BCUT2D eigenvalue weighted by molar-refractivity contribution is 5.85. The van der Waals surface area contributed by atoms with E-state index in [1.807, 2.05) is 0 Å². The van der Waals surface area contributed by atoms with Crippen molar-refractivity contribution in [1.82, 2.24) is 0 Å². The van der Waals surface area contributed by atoms with E-state index in [1.165, 1.54) is 7.11 Å². The molecule has 0 unspecified atom stereocenters. The Hall–Kier alpha value is -1.32. The lowest BCUT2D eigenvalue weighted by Crippen LogP contribution is -2.38. The van der Waals surface area contributed by atoms with E-state index in [2.05, 4.69) is 0 Å². The van der Waals surface area contributed by atoms with Crippen LogP contribution in [0, 0.1) is 11.3 Å². The summed E-state index contributed by atoms with van der Waals surface area (Å²) in [4.78, 5) is 23.8. The molecule has 0 amide bonds. The van der Waals surface area contributed by atoms with Crippen molar-refractivity contribution in [2.24, 2.45) is 11.3 Å². The molecule has 2 saturated carbocycles. The summed E-state index contributed by atoms with van der Waals surface area (Å²) in [5, 5.41) is 0. The molecule has 3 rings (SSSR count). The number of hydrogen-bond donors (Lipinski definition) is 0. The minimum atomic E-state index is -0.348. The summed E-state index contributed by atoms with van der Waals surface area (Å²) in [5.74, 6) is -0.240. The second kappa shape index (κ2) is 4.66. The molecule has 4 nitrogen and oxygen atoms in total. The van der Waals surface area contributed by atoms with Gasteiger partial charge in [-0.1, -0.05) is 12.0 Å². The Morgan fingerprint density at radius 1 is 1.37 bits per heavy atom. The summed E-state index contributed by atoms with van der Waals surface area (Å²) < 4.78 is 10.4. The van der Waals surface area contributed by atoms with Crippen LogP contribution in [0.1, 0.15) is 44.9 Å². The Kier molecular flexibility index (Phi) is 3.11. The highest BCUT2D eigenvalue weighted by atomic mass is 16.6. The minimum Gasteiger partial charge on any atom is -0.466 e. The van der Waals surface area contributed by atoms with Crippen LogP contribution >= 0.6 is 0 Å². The van der Waals surface area contributed by atoms with E-state index in [4.69, 9.17) is 9.47 Å². The summed E-state index contributed by atoms with van der Waals surface area (Å²) in [7, 11) is 1.39. The monoisotopic (exact) mass is 264 g/mol. The van der Waals surface area contributed by atoms with Crippen molar-refractivity contribution in [2.75, 3.05) is 7.11 Å². The van der Waals surface area contributed by atoms with Crippen LogP contribution in [0.3, 0.4) is 0 Å². The molecule has 2 bridgehead atoms. The molecule has 0 N–H and O–H groups in total. The molecule has 2 aliphatic carbocycles. The van der Waals surface area contributed by atoms with Crippen molar-refractivity contribution >= 4 is 11.9 Å². The average molecular weight is 264 g/mol. The molecular formula is C15H20O4. The topological polar surface area (TPSA) is 52.6 Å². The zero-order valence-electron chi connectivity index (χ0n) is 11.3. The number of methoxy groups -OCH3 is 1. The van der Waals surface area contributed by atoms with Crippen LogP contribution in [-0.4, -0.2) is 25.2 Å². The summed E-state index contributed by atoms with van der Waals surface area (Å²) in [6, 6.07) is 0. The molecule has 4 heteroatoms. The smallest absolute Gasteiger partial charge is 0.330 e. The Balaban J connectivity index is 2.00. The van der Waals surface area contributed by atoms with Crippen LogP contribution in [-0.2, 0) is 19.1 Å². The van der Waals surface area contributed by atoms with Crippen molar-refractivity contribution in [3.8, 4) is 0 Å². The maximum atomic E-state index is 12.3. The van der Waals surface area contributed by atoms with Crippen LogP contribution < -0.4 is 0 Å². The summed E-state index contributed by atoms with van der Waals surface area (Å²) in [6.45, 7) is 0. The molecule has 0 spiro atoms. The van der Waals surface area contributed by atoms with Crippen LogP contribution in [0.4, 0.5) is 0 Å². The highest BCUT2D eigenvalue weighted by Crippen LogP contribution is 2.57. The normalized spacial score (nSPS) is 39.4. The van der Waals surface area contributed by atoms with Gasteiger partial charge in [0, 0.05) is 12.0 Å². The third-order valence-electron chi connectivity index (χ3n) is 4.99. The first-order chi connectivity index (χ1) is 9.17. The van der Waals surface area contributed by atoms with E-state index in [0.717, 1.165) is 50.5 Å². The molecule has 104 valence electrons. The van der Waals surface area contributed by atoms with Gasteiger partial charge in [0.2, 0.25) is 0 Å². The predicted octanol–water partition coefficient (Wildman–Crippen LogP) is 2.37. The Labute approximate surface area is 113 Å². The second-order valence-corrected chi connectivity index (χ2v) is 5.92. The molecule has 1 saturated heterocycles. The maximum Gasteiger partial charge on any atom is 0.330 e. The van der Waals surface area contributed by atoms with E-state index < -0.39 is 0 Å². The number of carbonyl (C=O) groups is 2. The molecule has 0 radical (unpaired) electrons. The standard InChI is InChI=1S/C15H20O4/c1-18-12(16)9-10-5-4-8-15-7-3-2-6-11(13(10)15)19-14(15)17/h9,11,13H,2-8H2,1H3/b10-9-/t11-,13-,15-/m0/s1. The molecule has 0 aromatic heterocycles. The van der Waals surface area contributed by atoms with Crippen LogP contribution in [0.25, 0.3) is 0 Å². The summed E-state index contributed by atoms with van der Waals surface area (Å²) >= 11 is 0. The number of rotatable bonds is 1. The van der Waals surface area contributed by atoms with E-state index in [-0.39, 0.29) is 29.4 Å². The molecule has 3 atom stereocenters. The third kappa shape index (κ3) is 1.88. The van der Waals surface area contributed by atoms with Gasteiger partial charge < -0.3 is 9.47 Å². The van der Waals surface area contributed by atoms with Crippen LogP contribution in [0.15, 0.2) is 11.6 Å². The van der Waals surface area contributed by atoms with Crippen molar-refractivity contribution in [3.05, 3.63) is 11.6 Å². The minimum absolute atomic E-state index is 0.0220. The van der Waals surface area contributed by atoms with Crippen LogP contribution in [0.2, 0.25) is 0 Å². The first-order valence-electron chi connectivity index (χ1n) is 7.17. The van der Waals surface area contributed by atoms with Gasteiger partial charge in [-0.15, -0.1) is 0 Å². The van der Waals surface area contributed by atoms with Gasteiger partial charge in [-0.25, -0.2) is 4.79 Å². The predicted molar refractivity (Wildman–Crippen MR) is 68.2 cm³/mol. The average Bonchev–Trinajstić information content (AvgIpc) is 2.57. The van der Waals surface area contributed by atoms with Gasteiger partial charge in [-0.2, -0.15) is 0 Å². The van der Waals surface area contributed by atoms with Gasteiger partial charge in [0.15, 0.2) is 0 Å². The van der Waals surface area contributed by atoms with Gasteiger partial charge >= 0.3 is 11.9 Å². The molecule has 0 aromatic carbocycles. The summed E-state index contributed by atoms with van der Waals surface area (Å²) in [6.07, 6.45) is 8.36. The first kappa shape index (κ1) is 12.7. The Bertz CT molecular complexity index is 439. The fraction of sp³-hybridized carbons (Fsp3) is 0.733. The SMILES string of the molecule is COC(=O)/C=C1/CCC[C@]23CCCC[C@H](OC2=O)[C@H]13. The number of carbonyl (C=O) groups excluding carboxylic acids is 2. The zero-order chi connectivity index (χ0) is 13.5. The number of ether oxygens (including phenoxy) is 2. The van der Waals surface area contributed by atoms with Crippen LogP contribution in [0.5, 0.6) is 0 Å². The first-order valence-corrected chi connectivity index (χ1v) is 7.17. The van der Waals surface area contributed by atoms with Gasteiger partial charge in [0.25, 0.3) is 0 Å². The van der Waals surface area contributed by atoms with Gasteiger partial charge in [0.05, 0.1) is 12.5 Å². The van der Waals surface area contributed by atoms with Crippen molar-refractivity contribution in [3.63, 3.8) is 0 Å². The summed E-state index contributed by atoms with van der Waals surface area (Å²) in [5.41, 5.74) is 0.718. The number of esters is 2. The Morgan fingerprint density at radius 2 is 2.16 bits per heavy atom. The van der Waals surface area contributed by atoms with E-state index in [9.17, 15) is 9.59 Å². The Morgan fingerprint density at radius 3 is 2.95 bits per heavy atom. The molecule has 1 aliphatic heterocycles. The lowest BCUT2D eigenvalue weighted by atomic mass is 9.62. The van der Waals surface area contributed by atoms with E-state index in [0.29, 0.717) is 0 Å². The van der Waals surface area contributed by atoms with Crippen molar-refractivity contribution in [1.29, 1.82) is 0 Å². The highest BCUT2D eigenvalue weighted by Gasteiger charge is 2.59. The zero-order valence-corrected chi connectivity index (χ0v) is 11.3. The van der Waals surface area contributed by atoms with E-state index in [1.54, 1.807) is 6.08 Å². The third-order valence-corrected chi connectivity index (χ3v) is 4.99. The molecule has 19 heavy (non-hydrogen) atoms. The fourth-order valence-electron chi connectivity index (χ4n) is 4.19. The number of hydrogen-bond acceptors (Lipinski definition) is 4. The largest absolute Gasteiger partial charge is 0.466 e. The quantitative estimate of drug-likeness (QED) is 0.539. The van der Waals surface area contributed by atoms with Gasteiger partial charge in [-0.3, -0.25) is 4.79 Å². The lowest BCUT2D eigenvalue weighted by Gasteiger charge is -2.37. The van der Waals surface area contributed by atoms with Crippen molar-refractivity contribution in [2.45, 2.75) is 51.0 Å². The van der Waals surface area contributed by atoms with Gasteiger partial charge in [0.1, 0.15) is 6.10 Å². The molecule has 0 aromatic rings. The van der Waals surface area contributed by atoms with E-state index >= 15 is 0 Å². The van der Waals surface area contributed by atoms with Crippen molar-refractivity contribution < 1.29 is 19.1 Å². The maximum absolute atomic E-state index is 12.3. The molecule has 3 aliphatic rings. The second-order valence-electron chi connectivity index (χ2n) is 5.92. The molecule has 3 fully saturated rings.